The molecule has 1 aromatic carbocycles. The minimum Gasteiger partial charge on any atom is -0.352 e. The summed E-state index contributed by atoms with van der Waals surface area (Å²) in [6.45, 7) is 1.89. The summed E-state index contributed by atoms with van der Waals surface area (Å²) in [5, 5.41) is 5.34. The molecule has 1 saturated carbocycles. The lowest BCUT2D eigenvalue weighted by Crippen LogP contribution is -2.48. The van der Waals surface area contributed by atoms with E-state index in [1.165, 1.54) is 24.2 Å². The molecule has 7 nitrogen and oxygen atoms in total. The summed E-state index contributed by atoms with van der Waals surface area (Å²) in [5.74, 6) is 2.89. The molecule has 0 bridgehead atoms. The number of benzene rings is 1. The largest absolute Gasteiger partial charge is 0.352 e. The summed E-state index contributed by atoms with van der Waals surface area (Å²) < 4.78 is 4.28. The van der Waals surface area contributed by atoms with E-state index in [9.17, 15) is 0 Å². The Labute approximate surface area is 150 Å². The van der Waals surface area contributed by atoms with Gasteiger partial charge in [-0.3, -0.25) is 4.68 Å². The van der Waals surface area contributed by atoms with Crippen molar-refractivity contribution in [2.75, 3.05) is 18.0 Å². The van der Waals surface area contributed by atoms with E-state index >= 15 is 0 Å². The van der Waals surface area contributed by atoms with Crippen LogP contribution >= 0.6 is 0 Å². The third-order valence-corrected chi connectivity index (χ3v) is 5.60. The van der Waals surface area contributed by atoms with Crippen LogP contribution in [-0.4, -0.2) is 42.4 Å². The van der Waals surface area contributed by atoms with Gasteiger partial charge in [-0.1, -0.05) is 12.1 Å². The monoisotopic (exact) mass is 345 g/mol. The van der Waals surface area contributed by atoms with Crippen LogP contribution in [0.3, 0.4) is 0 Å². The number of hydrogen-bond donors (Lipinski definition) is 0. The summed E-state index contributed by atoms with van der Waals surface area (Å²) in [5.41, 5.74) is 3.25. The van der Waals surface area contributed by atoms with Crippen molar-refractivity contribution < 1.29 is 0 Å². The van der Waals surface area contributed by atoms with Gasteiger partial charge in [-0.15, -0.1) is 0 Å². The Balaban J connectivity index is 1.36. The van der Waals surface area contributed by atoms with Gasteiger partial charge in [0, 0.05) is 26.1 Å². The van der Waals surface area contributed by atoms with Gasteiger partial charge >= 0.3 is 0 Å². The maximum Gasteiger partial charge on any atom is 0.163 e. The zero-order valence-corrected chi connectivity index (χ0v) is 14.6. The fraction of sp³-hybridized carbons (Fsp3) is 0.368. The van der Waals surface area contributed by atoms with Crippen molar-refractivity contribution in [3.8, 4) is 0 Å². The molecule has 4 aromatic rings. The molecular formula is C19H19N7. The van der Waals surface area contributed by atoms with E-state index in [2.05, 4.69) is 48.8 Å². The van der Waals surface area contributed by atoms with Gasteiger partial charge in [-0.05, 0) is 25.0 Å². The van der Waals surface area contributed by atoms with Crippen molar-refractivity contribution >= 4 is 27.9 Å². The van der Waals surface area contributed by atoms with Crippen molar-refractivity contribution in [2.24, 2.45) is 7.05 Å². The van der Waals surface area contributed by atoms with E-state index in [-0.39, 0.29) is 0 Å². The Morgan fingerprint density at radius 1 is 1.08 bits per heavy atom. The Bertz CT molecular complexity index is 1130. The number of aromatic nitrogens is 6. The number of fused-ring (bicyclic) bond motifs is 2. The van der Waals surface area contributed by atoms with Gasteiger partial charge in [-0.2, -0.15) is 5.10 Å². The van der Waals surface area contributed by atoms with Crippen molar-refractivity contribution in [3.05, 3.63) is 42.6 Å². The fourth-order valence-corrected chi connectivity index (χ4v) is 4.07. The SMILES string of the molecule is Cn1ncc2c(N3CC(n4c(C5CC5)nc5ccccc54)C3)ncnc21. The third-order valence-electron chi connectivity index (χ3n) is 5.60. The molecule has 0 spiro atoms. The van der Waals surface area contributed by atoms with Crippen LogP contribution in [0.5, 0.6) is 0 Å². The molecule has 0 N–H and O–H groups in total. The predicted octanol–water partition coefficient (Wildman–Crippen LogP) is 2.65. The molecule has 130 valence electrons. The van der Waals surface area contributed by atoms with E-state index in [1.54, 1.807) is 11.0 Å². The standard InChI is InChI=1S/C19H19N7/c1-24-18-14(8-22-24)19(21-11-20-18)25-9-13(10-25)26-16-5-3-2-4-15(16)23-17(26)12-6-7-12/h2-5,8,11-13H,6-7,9-10H2,1H3. The molecule has 7 heteroatoms. The molecule has 4 heterocycles. The number of nitrogens with zero attached hydrogens (tertiary/aromatic N) is 7. The first kappa shape index (κ1) is 14.2. The molecule has 0 atom stereocenters. The molecule has 2 fully saturated rings. The molecule has 1 aliphatic heterocycles. The summed E-state index contributed by atoms with van der Waals surface area (Å²) in [7, 11) is 1.91. The highest BCUT2D eigenvalue weighted by Crippen LogP contribution is 2.43. The lowest BCUT2D eigenvalue weighted by atomic mass is 10.1. The van der Waals surface area contributed by atoms with E-state index < -0.39 is 0 Å². The molecule has 2 aliphatic rings. The molecule has 6 rings (SSSR count). The van der Waals surface area contributed by atoms with Gasteiger partial charge in [0.1, 0.15) is 18.0 Å². The van der Waals surface area contributed by atoms with Gasteiger partial charge in [0.15, 0.2) is 5.65 Å². The Kier molecular flexibility index (Phi) is 2.75. The molecule has 0 radical (unpaired) electrons. The molecule has 1 saturated heterocycles. The molecule has 0 amide bonds. The van der Waals surface area contributed by atoms with E-state index in [0.717, 1.165) is 35.5 Å². The first-order valence-corrected chi connectivity index (χ1v) is 9.14. The van der Waals surface area contributed by atoms with Gasteiger partial charge in [0.2, 0.25) is 0 Å². The summed E-state index contributed by atoms with van der Waals surface area (Å²) in [4.78, 5) is 16.1. The molecule has 0 unspecified atom stereocenters. The first-order chi connectivity index (χ1) is 12.8. The van der Waals surface area contributed by atoms with Crippen LogP contribution in [0.4, 0.5) is 5.82 Å². The second-order valence-electron chi connectivity index (χ2n) is 7.36. The highest BCUT2D eigenvalue weighted by molar-refractivity contribution is 5.87. The van der Waals surface area contributed by atoms with Crippen molar-refractivity contribution in [1.82, 2.24) is 29.3 Å². The minimum absolute atomic E-state index is 0.444. The van der Waals surface area contributed by atoms with Crippen molar-refractivity contribution in [1.29, 1.82) is 0 Å². The Morgan fingerprint density at radius 3 is 2.77 bits per heavy atom. The molecule has 1 aliphatic carbocycles. The normalized spacial score (nSPS) is 18.0. The maximum atomic E-state index is 4.93. The summed E-state index contributed by atoms with van der Waals surface area (Å²) in [6, 6.07) is 8.94. The number of anilines is 1. The average Bonchev–Trinajstić information content (AvgIpc) is 3.31. The fourth-order valence-electron chi connectivity index (χ4n) is 4.07. The second kappa shape index (κ2) is 5.03. The quantitative estimate of drug-likeness (QED) is 0.571. The van der Waals surface area contributed by atoms with Gasteiger partial charge in [0.25, 0.3) is 0 Å². The molecule has 3 aromatic heterocycles. The van der Waals surface area contributed by atoms with Crippen LogP contribution in [0.2, 0.25) is 0 Å². The third kappa shape index (κ3) is 1.94. The Hall–Kier alpha value is -2.96. The van der Waals surface area contributed by atoms with Gasteiger partial charge < -0.3 is 9.47 Å². The maximum absolute atomic E-state index is 4.93. The highest BCUT2D eigenvalue weighted by atomic mass is 15.3. The Morgan fingerprint density at radius 2 is 1.92 bits per heavy atom. The summed E-state index contributed by atoms with van der Waals surface area (Å²) in [6.07, 6.45) is 6.03. The van der Waals surface area contributed by atoms with E-state index in [4.69, 9.17) is 4.98 Å². The van der Waals surface area contributed by atoms with Crippen LogP contribution < -0.4 is 4.90 Å². The van der Waals surface area contributed by atoms with Crippen LogP contribution in [0.1, 0.15) is 30.6 Å². The van der Waals surface area contributed by atoms with Crippen LogP contribution in [0.15, 0.2) is 36.8 Å². The number of imidazole rings is 1. The first-order valence-electron chi connectivity index (χ1n) is 9.14. The smallest absolute Gasteiger partial charge is 0.163 e. The highest BCUT2D eigenvalue weighted by Gasteiger charge is 2.37. The zero-order valence-electron chi connectivity index (χ0n) is 14.6. The summed E-state index contributed by atoms with van der Waals surface area (Å²) >= 11 is 0. The average molecular weight is 345 g/mol. The van der Waals surface area contributed by atoms with Crippen LogP contribution in [0, 0.1) is 0 Å². The van der Waals surface area contributed by atoms with Gasteiger partial charge in [0.05, 0.1) is 28.7 Å². The number of para-hydroxylation sites is 2. The van der Waals surface area contributed by atoms with Crippen LogP contribution in [-0.2, 0) is 7.05 Å². The number of rotatable bonds is 3. The van der Waals surface area contributed by atoms with Crippen LogP contribution in [0.25, 0.3) is 22.1 Å². The molecule has 26 heavy (non-hydrogen) atoms. The zero-order chi connectivity index (χ0) is 17.3. The lowest BCUT2D eigenvalue weighted by molar-refractivity contribution is 0.396. The van der Waals surface area contributed by atoms with Crippen molar-refractivity contribution in [3.63, 3.8) is 0 Å². The second-order valence-corrected chi connectivity index (χ2v) is 7.36. The predicted molar refractivity (Wildman–Crippen MR) is 99.3 cm³/mol. The van der Waals surface area contributed by atoms with Crippen molar-refractivity contribution in [2.45, 2.75) is 24.8 Å². The topological polar surface area (TPSA) is 64.7 Å². The lowest BCUT2D eigenvalue weighted by Gasteiger charge is -2.41. The van der Waals surface area contributed by atoms with E-state index in [0.29, 0.717) is 12.0 Å². The number of aryl methyl sites for hydroxylation is 1. The minimum atomic E-state index is 0.444. The van der Waals surface area contributed by atoms with E-state index in [1.807, 2.05) is 13.2 Å². The van der Waals surface area contributed by atoms with Gasteiger partial charge in [-0.25, -0.2) is 15.0 Å². The number of hydrogen-bond acceptors (Lipinski definition) is 5. The molecular weight excluding hydrogens is 326 g/mol.